The molecular weight excluding hydrogens is 398 g/mol. The molecule has 0 rings (SSSR count). The maximum absolute atomic E-state index is 12.1. The highest BCUT2D eigenvalue weighted by Crippen LogP contribution is 2.20. The summed E-state index contributed by atoms with van der Waals surface area (Å²) in [5, 5.41) is 51.7. The molecule has 0 saturated heterocycles. The maximum atomic E-state index is 12.1. The minimum Gasteiger partial charge on any atom is -0.396 e. The summed E-state index contributed by atoms with van der Waals surface area (Å²) in [6.07, 6.45) is 11.0. The van der Waals surface area contributed by atoms with E-state index in [0.29, 0.717) is 6.42 Å². The molecule has 7 heteroatoms. The van der Waals surface area contributed by atoms with Crippen molar-refractivity contribution in [2.24, 2.45) is 5.41 Å². The average Bonchev–Trinajstić information content (AvgIpc) is 2.76. The molecule has 0 aliphatic carbocycles. The van der Waals surface area contributed by atoms with Crippen LogP contribution >= 0.6 is 0 Å². The van der Waals surface area contributed by atoms with Crippen LogP contribution in [0.5, 0.6) is 0 Å². The van der Waals surface area contributed by atoms with E-state index >= 15 is 0 Å². The molecular formula is C24H49NO6. The molecule has 0 aromatic heterocycles. The lowest BCUT2D eigenvalue weighted by Gasteiger charge is -2.31. The topological polar surface area (TPSA) is 130 Å². The lowest BCUT2D eigenvalue weighted by molar-refractivity contribution is -0.140. The molecule has 31 heavy (non-hydrogen) atoms. The number of hydrogen-bond donors (Lipinski definition) is 6. The zero-order chi connectivity index (χ0) is 23.7. The van der Waals surface area contributed by atoms with Gasteiger partial charge in [0.1, 0.15) is 12.2 Å². The molecule has 0 aliphatic rings. The Bertz CT molecular complexity index is 446. The Labute approximate surface area is 189 Å². The molecule has 0 aliphatic heterocycles. The van der Waals surface area contributed by atoms with Crippen LogP contribution < -0.4 is 5.32 Å². The molecule has 0 aromatic carbocycles. The fourth-order valence-corrected chi connectivity index (χ4v) is 3.58. The number of nitrogens with one attached hydrogen (secondary N) is 1. The van der Waals surface area contributed by atoms with Crippen molar-refractivity contribution >= 4 is 5.91 Å². The highest BCUT2D eigenvalue weighted by atomic mass is 16.3. The van der Waals surface area contributed by atoms with E-state index in [1.54, 1.807) is 0 Å². The van der Waals surface area contributed by atoms with Crippen molar-refractivity contribution in [1.29, 1.82) is 0 Å². The van der Waals surface area contributed by atoms with Gasteiger partial charge in [-0.1, -0.05) is 97.8 Å². The minimum atomic E-state index is -1.49. The molecule has 4 atom stereocenters. The van der Waals surface area contributed by atoms with Gasteiger partial charge in [0.2, 0.25) is 5.91 Å². The molecule has 4 unspecified atom stereocenters. The number of unbranched alkanes of at least 4 members (excludes halogenated alkanes) is 11. The number of hydrogen-bond acceptors (Lipinski definition) is 6. The third-order valence-electron chi connectivity index (χ3n) is 6.08. The van der Waals surface area contributed by atoms with Crippen LogP contribution in [0.2, 0.25) is 0 Å². The summed E-state index contributed by atoms with van der Waals surface area (Å²) >= 11 is 0. The molecule has 6 N–H and O–H groups in total. The number of carbonyl (C=O) groups excluding carboxylic acids is 1. The quantitative estimate of drug-likeness (QED) is 0.159. The Morgan fingerprint density at radius 3 is 1.68 bits per heavy atom. The Morgan fingerprint density at radius 2 is 1.26 bits per heavy atom. The van der Waals surface area contributed by atoms with Crippen molar-refractivity contribution in [3.8, 4) is 0 Å². The van der Waals surface area contributed by atoms with Crippen LogP contribution in [0.25, 0.3) is 0 Å². The first-order valence-electron chi connectivity index (χ1n) is 12.3. The predicted octanol–water partition coefficient (Wildman–Crippen LogP) is 2.66. The number of amides is 1. The van der Waals surface area contributed by atoms with E-state index in [-0.39, 0.29) is 0 Å². The van der Waals surface area contributed by atoms with E-state index in [2.05, 4.69) is 12.2 Å². The molecule has 7 nitrogen and oxygen atoms in total. The van der Waals surface area contributed by atoms with Crippen molar-refractivity contribution in [3.05, 3.63) is 0 Å². The summed E-state index contributed by atoms with van der Waals surface area (Å²) in [7, 11) is 0. The summed E-state index contributed by atoms with van der Waals surface area (Å²) < 4.78 is 0. The fraction of sp³-hybridized carbons (Fsp3) is 0.958. The van der Waals surface area contributed by atoms with Gasteiger partial charge in [0.25, 0.3) is 0 Å². The summed E-state index contributed by atoms with van der Waals surface area (Å²) in [6, 6.07) is -1.08. The van der Waals surface area contributed by atoms with Crippen molar-refractivity contribution in [1.82, 2.24) is 5.32 Å². The van der Waals surface area contributed by atoms with Gasteiger partial charge in [0.05, 0.1) is 25.4 Å². The minimum absolute atomic E-state index is 0.385. The van der Waals surface area contributed by atoms with E-state index in [9.17, 15) is 30.3 Å². The van der Waals surface area contributed by atoms with Crippen LogP contribution in [0.3, 0.4) is 0 Å². The Hall–Kier alpha value is -0.730. The lowest BCUT2D eigenvalue weighted by atomic mass is 9.87. The first-order valence-corrected chi connectivity index (χ1v) is 12.3. The van der Waals surface area contributed by atoms with E-state index in [0.717, 1.165) is 19.3 Å². The highest BCUT2D eigenvalue weighted by Gasteiger charge is 2.35. The van der Waals surface area contributed by atoms with Crippen molar-refractivity contribution in [2.75, 3.05) is 13.2 Å². The molecule has 1 amide bonds. The van der Waals surface area contributed by atoms with Gasteiger partial charge >= 0.3 is 0 Å². The van der Waals surface area contributed by atoms with Crippen LogP contribution in [-0.2, 0) is 4.79 Å². The number of aliphatic hydroxyl groups is 5. The second-order valence-electron chi connectivity index (χ2n) is 9.58. The number of carbonyl (C=O) groups is 1. The zero-order valence-corrected chi connectivity index (χ0v) is 20.1. The normalized spacial score (nSPS) is 16.0. The van der Waals surface area contributed by atoms with Gasteiger partial charge in [0, 0.05) is 5.41 Å². The average molecular weight is 448 g/mol. The van der Waals surface area contributed by atoms with Crippen LogP contribution in [0.15, 0.2) is 0 Å². The fourth-order valence-electron chi connectivity index (χ4n) is 3.58. The molecule has 0 aromatic rings. The molecule has 186 valence electrons. The first-order chi connectivity index (χ1) is 14.7. The summed E-state index contributed by atoms with van der Waals surface area (Å²) in [4.78, 5) is 12.1. The van der Waals surface area contributed by atoms with Crippen LogP contribution in [0.4, 0.5) is 0 Å². The molecule has 0 spiro atoms. The van der Waals surface area contributed by atoms with Crippen molar-refractivity contribution < 1.29 is 30.3 Å². The SMILES string of the molecule is CCCCCCCCCCCCCCC(O)C(O)C(CO)NC(=O)C(O)C(C)(C)CO. The van der Waals surface area contributed by atoms with E-state index in [1.807, 2.05) is 0 Å². The number of aliphatic hydroxyl groups excluding tert-OH is 5. The zero-order valence-electron chi connectivity index (χ0n) is 20.1. The van der Waals surface area contributed by atoms with Gasteiger partial charge in [-0.3, -0.25) is 4.79 Å². The van der Waals surface area contributed by atoms with Crippen molar-refractivity contribution in [2.45, 2.75) is 129 Å². The van der Waals surface area contributed by atoms with Gasteiger partial charge in [0.15, 0.2) is 0 Å². The Kier molecular flexibility index (Phi) is 17.4. The smallest absolute Gasteiger partial charge is 0.249 e. The lowest BCUT2D eigenvalue weighted by Crippen LogP contribution is -2.55. The largest absolute Gasteiger partial charge is 0.396 e. The van der Waals surface area contributed by atoms with Gasteiger partial charge in [-0.2, -0.15) is 0 Å². The van der Waals surface area contributed by atoms with Gasteiger partial charge in [-0.05, 0) is 6.42 Å². The predicted molar refractivity (Wildman–Crippen MR) is 124 cm³/mol. The summed E-state index contributed by atoms with van der Waals surface area (Å²) in [5.74, 6) is -0.797. The molecule has 0 fully saturated rings. The second-order valence-corrected chi connectivity index (χ2v) is 9.58. The molecule has 0 heterocycles. The number of rotatable bonds is 20. The van der Waals surface area contributed by atoms with E-state index in [1.165, 1.54) is 71.6 Å². The third-order valence-corrected chi connectivity index (χ3v) is 6.08. The van der Waals surface area contributed by atoms with Gasteiger partial charge in [-0.25, -0.2) is 0 Å². The summed E-state index contributed by atoms with van der Waals surface area (Å²) in [5.41, 5.74) is -1.05. The van der Waals surface area contributed by atoms with Crippen LogP contribution in [0, 0.1) is 5.41 Å². The van der Waals surface area contributed by atoms with Crippen LogP contribution in [-0.4, -0.2) is 69.0 Å². The van der Waals surface area contributed by atoms with Crippen molar-refractivity contribution in [3.63, 3.8) is 0 Å². The third kappa shape index (κ3) is 13.4. The van der Waals surface area contributed by atoms with Crippen LogP contribution in [0.1, 0.15) is 104 Å². The highest BCUT2D eigenvalue weighted by molar-refractivity contribution is 5.81. The monoisotopic (exact) mass is 447 g/mol. The first kappa shape index (κ1) is 30.3. The summed E-state index contributed by atoms with van der Waals surface area (Å²) in [6.45, 7) is 4.34. The van der Waals surface area contributed by atoms with E-state index in [4.69, 9.17) is 0 Å². The standard InChI is InChI=1S/C24H49NO6/c1-4-5-6-7-8-9-10-11-12-13-14-15-16-20(28)21(29)19(17-26)25-23(31)22(30)24(2,3)18-27/h19-22,26-30H,4-18H2,1-3H3,(H,25,31). The Balaban J connectivity index is 4.00. The van der Waals surface area contributed by atoms with Gasteiger partial charge in [-0.15, -0.1) is 0 Å². The molecule has 0 bridgehead atoms. The molecule has 0 radical (unpaired) electrons. The maximum Gasteiger partial charge on any atom is 0.249 e. The molecule has 0 saturated carbocycles. The Morgan fingerprint density at radius 1 is 0.806 bits per heavy atom. The second kappa shape index (κ2) is 17.8. The van der Waals surface area contributed by atoms with E-state index < -0.39 is 48.9 Å². The van der Waals surface area contributed by atoms with Gasteiger partial charge < -0.3 is 30.8 Å².